The highest BCUT2D eigenvalue weighted by Gasteiger charge is 2.32. The number of carbonyl (C=O) groups excluding carboxylic acids is 3. The lowest BCUT2D eigenvalue weighted by Gasteiger charge is -2.25. The lowest BCUT2D eigenvalue weighted by molar-refractivity contribution is -0.145. The highest BCUT2D eigenvalue weighted by molar-refractivity contribution is 5.94. The fourth-order valence-electron chi connectivity index (χ4n) is 3.12. The first kappa shape index (κ1) is 32.5. The molecule has 0 saturated heterocycles. The van der Waals surface area contributed by atoms with Crippen molar-refractivity contribution in [2.45, 2.75) is 83.1 Å². The number of guanidine groups is 1. The molecule has 3 amide bonds. The van der Waals surface area contributed by atoms with Gasteiger partial charge in [0, 0.05) is 13.0 Å². The van der Waals surface area contributed by atoms with E-state index < -0.39 is 66.4 Å². The van der Waals surface area contributed by atoms with E-state index in [1.54, 1.807) is 0 Å². The lowest BCUT2D eigenvalue weighted by Crippen LogP contribution is -2.58. The third kappa shape index (κ3) is 13.4. The Labute approximate surface area is 209 Å². The molecule has 15 nitrogen and oxygen atoms in total. The number of carbonyl (C=O) groups is 5. The van der Waals surface area contributed by atoms with E-state index in [0.717, 1.165) is 6.92 Å². The van der Waals surface area contributed by atoms with Crippen molar-refractivity contribution in [3.8, 4) is 0 Å². The second kappa shape index (κ2) is 16.3. The summed E-state index contributed by atoms with van der Waals surface area (Å²) in [4.78, 5) is 64.4. The fraction of sp³-hybridized carbons (Fsp3) is 0.714. The number of rotatable bonds is 17. The summed E-state index contributed by atoms with van der Waals surface area (Å²) in [6, 6.07) is -5.22. The van der Waals surface area contributed by atoms with Gasteiger partial charge in [-0.25, -0.2) is 4.79 Å². The van der Waals surface area contributed by atoms with Crippen LogP contribution in [0.25, 0.3) is 0 Å². The molecule has 0 bridgehead atoms. The Hall–Kier alpha value is -3.46. The van der Waals surface area contributed by atoms with Gasteiger partial charge < -0.3 is 48.5 Å². The Balaban J connectivity index is 5.67. The first-order valence-electron chi connectivity index (χ1n) is 11.5. The van der Waals surface area contributed by atoms with Gasteiger partial charge >= 0.3 is 11.9 Å². The molecule has 0 aromatic rings. The van der Waals surface area contributed by atoms with Crippen molar-refractivity contribution in [1.29, 1.82) is 0 Å². The molecular weight excluding hydrogens is 478 g/mol. The summed E-state index contributed by atoms with van der Waals surface area (Å²) in [7, 11) is 0. The van der Waals surface area contributed by atoms with Gasteiger partial charge in [-0.15, -0.1) is 0 Å². The van der Waals surface area contributed by atoms with Crippen molar-refractivity contribution in [3.63, 3.8) is 0 Å². The smallest absolute Gasteiger partial charge is 0.328 e. The van der Waals surface area contributed by atoms with Crippen molar-refractivity contribution in [1.82, 2.24) is 16.0 Å². The van der Waals surface area contributed by atoms with Crippen molar-refractivity contribution < 1.29 is 39.3 Å². The monoisotopic (exact) mass is 517 g/mol. The molecule has 0 saturated carbocycles. The van der Waals surface area contributed by atoms with Crippen LogP contribution in [-0.2, 0) is 24.0 Å². The summed E-state index contributed by atoms with van der Waals surface area (Å²) in [6.45, 7) is 5.04. The normalized spacial score (nSPS) is 15.1. The van der Waals surface area contributed by atoms with Gasteiger partial charge in [0.05, 0.1) is 12.1 Å². The zero-order chi connectivity index (χ0) is 28.0. The Morgan fingerprint density at radius 1 is 0.861 bits per heavy atom. The summed E-state index contributed by atoms with van der Waals surface area (Å²) in [6.07, 6.45) is -1.68. The minimum atomic E-state index is -1.69. The Morgan fingerprint density at radius 3 is 1.86 bits per heavy atom. The van der Waals surface area contributed by atoms with E-state index in [9.17, 15) is 34.2 Å². The third-order valence-corrected chi connectivity index (χ3v) is 4.97. The zero-order valence-corrected chi connectivity index (χ0v) is 20.8. The number of aliphatic imine (C=N–C) groups is 1. The topological polar surface area (TPSA) is 273 Å². The molecule has 0 aliphatic heterocycles. The number of hydrogen-bond acceptors (Lipinski definition) is 8. The molecule has 0 aliphatic rings. The summed E-state index contributed by atoms with van der Waals surface area (Å²) >= 11 is 0. The molecule has 0 aromatic heterocycles. The predicted molar refractivity (Wildman–Crippen MR) is 129 cm³/mol. The number of nitrogens with one attached hydrogen (secondary N) is 3. The number of carboxylic acid groups (broad SMARTS) is 2. The number of amides is 3. The van der Waals surface area contributed by atoms with E-state index in [2.05, 4.69) is 20.9 Å². The van der Waals surface area contributed by atoms with Crippen LogP contribution < -0.4 is 33.2 Å². The number of nitrogens with zero attached hydrogens (tertiary/aromatic N) is 1. The first-order chi connectivity index (χ1) is 16.6. The third-order valence-electron chi connectivity index (χ3n) is 4.97. The molecule has 0 fully saturated rings. The number of carboxylic acids is 2. The lowest BCUT2D eigenvalue weighted by atomic mass is 10.0. The molecule has 206 valence electrons. The van der Waals surface area contributed by atoms with Gasteiger partial charge in [-0.1, -0.05) is 13.8 Å². The molecule has 0 spiro atoms. The van der Waals surface area contributed by atoms with E-state index in [-0.39, 0.29) is 37.7 Å². The van der Waals surface area contributed by atoms with Crippen LogP contribution >= 0.6 is 0 Å². The largest absolute Gasteiger partial charge is 0.481 e. The van der Waals surface area contributed by atoms with E-state index >= 15 is 0 Å². The number of aliphatic hydroxyl groups excluding tert-OH is 1. The molecule has 36 heavy (non-hydrogen) atoms. The van der Waals surface area contributed by atoms with Crippen LogP contribution in [0.15, 0.2) is 4.99 Å². The number of aliphatic carboxylic acids is 2. The zero-order valence-electron chi connectivity index (χ0n) is 20.8. The van der Waals surface area contributed by atoms with Crippen LogP contribution in [0.1, 0.15) is 52.9 Å². The molecular formula is C21H39N7O8. The maximum absolute atomic E-state index is 13.0. The minimum Gasteiger partial charge on any atom is -0.481 e. The fourth-order valence-corrected chi connectivity index (χ4v) is 3.12. The van der Waals surface area contributed by atoms with Gasteiger partial charge in [0.25, 0.3) is 0 Å². The number of hydrogen-bond donors (Lipinski definition) is 9. The van der Waals surface area contributed by atoms with Crippen LogP contribution in [0, 0.1) is 5.92 Å². The maximum Gasteiger partial charge on any atom is 0.328 e. The van der Waals surface area contributed by atoms with E-state index in [1.807, 2.05) is 13.8 Å². The summed E-state index contributed by atoms with van der Waals surface area (Å²) < 4.78 is 0. The van der Waals surface area contributed by atoms with Crippen molar-refractivity contribution in [3.05, 3.63) is 0 Å². The number of aliphatic hydroxyl groups is 1. The van der Waals surface area contributed by atoms with Crippen LogP contribution in [0.2, 0.25) is 0 Å². The van der Waals surface area contributed by atoms with Crippen molar-refractivity contribution in [2.24, 2.45) is 28.1 Å². The maximum atomic E-state index is 13.0. The molecule has 0 rings (SSSR count). The molecule has 0 aromatic carbocycles. The van der Waals surface area contributed by atoms with Crippen LogP contribution in [0.4, 0.5) is 0 Å². The first-order valence-corrected chi connectivity index (χ1v) is 11.5. The van der Waals surface area contributed by atoms with Gasteiger partial charge in [0.2, 0.25) is 17.7 Å². The average Bonchev–Trinajstić information content (AvgIpc) is 2.75. The summed E-state index contributed by atoms with van der Waals surface area (Å²) in [5.74, 6) is -5.26. The summed E-state index contributed by atoms with van der Waals surface area (Å²) in [5, 5.41) is 34.8. The molecule has 5 unspecified atom stereocenters. The van der Waals surface area contributed by atoms with E-state index in [4.69, 9.17) is 22.3 Å². The Bertz CT molecular complexity index is 799. The molecule has 0 heterocycles. The minimum absolute atomic E-state index is 0.0570. The van der Waals surface area contributed by atoms with Gasteiger partial charge in [-0.3, -0.25) is 24.2 Å². The van der Waals surface area contributed by atoms with E-state index in [0.29, 0.717) is 6.42 Å². The SMILES string of the molecule is CC(C)CC(N)C(=O)NC(CCCN=C(N)N)C(=O)NC(CCC(=O)O)C(=O)NC(C(=O)O)C(C)O. The molecule has 0 radical (unpaired) electrons. The Kier molecular flexibility index (Phi) is 14.7. The standard InChI is InChI=1S/C21H39N7O8/c1-10(2)9-12(22)17(32)26-13(5-4-8-25-21(23)24)18(33)27-14(6-7-15(30)31)19(34)28-16(11(3)29)20(35)36/h10-14,16,29H,4-9,22H2,1-3H3,(H,26,32)(H,27,33)(H,28,34)(H,30,31)(H,35,36)(H4,23,24,25). The van der Waals surface area contributed by atoms with Gasteiger partial charge in [-0.05, 0) is 38.5 Å². The van der Waals surface area contributed by atoms with Crippen LogP contribution in [0.3, 0.4) is 0 Å². The van der Waals surface area contributed by atoms with Gasteiger partial charge in [0.1, 0.15) is 12.1 Å². The molecule has 12 N–H and O–H groups in total. The van der Waals surface area contributed by atoms with Crippen LogP contribution in [-0.4, -0.2) is 87.8 Å². The van der Waals surface area contributed by atoms with E-state index in [1.165, 1.54) is 0 Å². The molecule has 15 heteroatoms. The van der Waals surface area contributed by atoms with Crippen LogP contribution in [0.5, 0.6) is 0 Å². The predicted octanol–water partition coefficient (Wildman–Crippen LogP) is -2.80. The van der Waals surface area contributed by atoms with Gasteiger partial charge in [-0.2, -0.15) is 0 Å². The highest BCUT2D eigenvalue weighted by Crippen LogP contribution is 2.07. The Morgan fingerprint density at radius 2 is 1.39 bits per heavy atom. The average molecular weight is 518 g/mol. The number of nitrogens with two attached hydrogens (primary N) is 3. The second-order valence-corrected chi connectivity index (χ2v) is 8.80. The van der Waals surface area contributed by atoms with Crippen molar-refractivity contribution >= 4 is 35.6 Å². The van der Waals surface area contributed by atoms with Gasteiger partial charge in [0.15, 0.2) is 12.0 Å². The highest BCUT2D eigenvalue weighted by atomic mass is 16.4. The molecule has 0 aliphatic carbocycles. The summed E-state index contributed by atoms with van der Waals surface area (Å²) in [5.41, 5.74) is 16.5. The molecule has 5 atom stereocenters. The quantitative estimate of drug-likeness (QED) is 0.0539. The van der Waals surface area contributed by atoms with Crippen molar-refractivity contribution in [2.75, 3.05) is 6.54 Å². The second-order valence-electron chi connectivity index (χ2n) is 8.80.